The molecule has 0 heterocycles. The highest BCUT2D eigenvalue weighted by atomic mass is 16.6. The minimum Gasteiger partial charge on any atom is -0.423 e. The molecule has 4 aromatic rings. The molecule has 0 radical (unpaired) electrons. The highest BCUT2D eigenvalue weighted by Crippen LogP contribution is 2.41. The second kappa shape index (κ2) is 15.3. The van der Waals surface area contributed by atoms with Crippen LogP contribution in [-0.2, 0) is 19.2 Å². The Hall–Kier alpha value is -6.72. The first-order valence-corrected chi connectivity index (χ1v) is 14.0. The van der Waals surface area contributed by atoms with Gasteiger partial charge < -0.3 is 18.9 Å². The molecule has 0 amide bonds. The van der Waals surface area contributed by atoms with Crippen molar-refractivity contribution in [2.75, 3.05) is 0 Å². The fourth-order valence-electron chi connectivity index (χ4n) is 4.06. The smallest absolute Gasteiger partial charge is 0.338 e. The maximum atomic E-state index is 12.3. The first kappa shape index (κ1) is 33.2. The summed E-state index contributed by atoms with van der Waals surface area (Å²) in [5.41, 5.74) is 3.88. The lowest BCUT2D eigenvalue weighted by atomic mass is 10.0. The molecule has 0 N–H and O–H groups in total. The molecule has 0 aliphatic rings. The summed E-state index contributed by atoms with van der Waals surface area (Å²) < 4.78 is 21.5. The number of carbonyl (C=O) groups is 4. The minimum atomic E-state index is -0.744. The molecule has 4 aromatic carbocycles. The molecule has 0 aromatic heterocycles. The van der Waals surface area contributed by atoms with Crippen molar-refractivity contribution in [3.05, 3.63) is 146 Å². The largest absolute Gasteiger partial charge is 0.423 e. The van der Waals surface area contributed by atoms with Gasteiger partial charge in [-0.25, -0.2) is 19.2 Å². The van der Waals surface area contributed by atoms with Crippen molar-refractivity contribution in [2.45, 2.75) is 6.92 Å². The van der Waals surface area contributed by atoms with Crippen LogP contribution in [-0.4, -0.2) is 23.9 Å². The molecular formula is C39H28O8. The molecule has 0 bridgehead atoms. The van der Waals surface area contributed by atoms with Crippen molar-refractivity contribution < 1.29 is 38.1 Å². The summed E-state index contributed by atoms with van der Waals surface area (Å²) in [6.07, 6.45) is 3.10. The Balaban J connectivity index is 1.69. The Bertz CT molecular complexity index is 1910. The number of benzene rings is 4. The van der Waals surface area contributed by atoms with E-state index in [1.807, 2.05) is 36.4 Å². The summed E-state index contributed by atoms with van der Waals surface area (Å²) in [7, 11) is 0. The summed E-state index contributed by atoms with van der Waals surface area (Å²) in [4.78, 5) is 48.0. The lowest BCUT2D eigenvalue weighted by molar-refractivity contribution is -0.130. The normalized spacial score (nSPS) is 9.89. The number of hydrogen-bond donors (Lipinski definition) is 0. The Morgan fingerprint density at radius 1 is 0.553 bits per heavy atom. The van der Waals surface area contributed by atoms with Crippen molar-refractivity contribution in [1.29, 1.82) is 0 Å². The first-order valence-electron chi connectivity index (χ1n) is 14.0. The molecule has 0 saturated carbocycles. The van der Waals surface area contributed by atoms with Crippen LogP contribution >= 0.6 is 0 Å². The Labute approximate surface area is 271 Å². The molecule has 0 saturated heterocycles. The van der Waals surface area contributed by atoms with Crippen LogP contribution in [0, 0.1) is 11.8 Å². The van der Waals surface area contributed by atoms with Gasteiger partial charge in [0.25, 0.3) is 0 Å². The van der Waals surface area contributed by atoms with Gasteiger partial charge in [-0.15, -0.1) is 0 Å². The molecule has 0 atom stereocenters. The maximum absolute atomic E-state index is 12.3. The second-order valence-corrected chi connectivity index (χ2v) is 9.77. The number of ether oxygens (including phenoxy) is 4. The van der Waals surface area contributed by atoms with Gasteiger partial charge in [0.2, 0.25) is 0 Å². The Kier molecular flexibility index (Phi) is 10.8. The highest BCUT2D eigenvalue weighted by Gasteiger charge is 2.19. The van der Waals surface area contributed by atoms with Gasteiger partial charge in [0.15, 0.2) is 0 Å². The minimum absolute atomic E-state index is 0.0535. The Morgan fingerprint density at radius 3 is 1.43 bits per heavy atom. The van der Waals surface area contributed by atoms with Crippen molar-refractivity contribution in [3.63, 3.8) is 0 Å². The lowest BCUT2D eigenvalue weighted by Gasteiger charge is -2.15. The van der Waals surface area contributed by atoms with Gasteiger partial charge >= 0.3 is 23.9 Å². The summed E-state index contributed by atoms with van der Waals surface area (Å²) in [6.45, 7) is 15.4. The quantitative estimate of drug-likeness (QED) is 0.0791. The van der Waals surface area contributed by atoms with Gasteiger partial charge in [0, 0.05) is 34.9 Å². The average Bonchev–Trinajstić information content (AvgIpc) is 3.08. The van der Waals surface area contributed by atoms with Crippen LogP contribution in [0.5, 0.6) is 23.0 Å². The predicted octanol–water partition coefficient (Wildman–Crippen LogP) is 7.18. The molecule has 0 aliphatic heterocycles. The number of esters is 4. The van der Waals surface area contributed by atoms with Crippen molar-refractivity contribution >= 4 is 23.9 Å². The topological polar surface area (TPSA) is 105 Å². The number of carbonyl (C=O) groups excluding carboxylic acids is 4. The van der Waals surface area contributed by atoms with Gasteiger partial charge in [-0.05, 0) is 72.1 Å². The monoisotopic (exact) mass is 624 g/mol. The molecule has 8 nitrogen and oxygen atoms in total. The van der Waals surface area contributed by atoms with E-state index >= 15 is 0 Å². The summed E-state index contributed by atoms with van der Waals surface area (Å²) in [5, 5.41) is 0. The van der Waals surface area contributed by atoms with Gasteiger partial charge in [-0.2, -0.15) is 0 Å². The van der Waals surface area contributed by atoms with E-state index in [2.05, 4.69) is 38.2 Å². The fraction of sp³-hybridized carbons (Fsp3) is 0.0256. The van der Waals surface area contributed by atoms with Crippen LogP contribution in [0.3, 0.4) is 0 Å². The summed E-state index contributed by atoms with van der Waals surface area (Å²) in [5.74, 6) is 4.26. The van der Waals surface area contributed by atoms with E-state index in [0.717, 1.165) is 29.4 Å². The highest BCUT2D eigenvalue weighted by molar-refractivity contribution is 5.91. The summed E-state index contributed by atoms with van der Waals surface area (Å²) in [6, 6.07) is 23.9. The number of rotatable bonds is 10. The predicted molar refractivity (Wildman–Crippen MR) is 178 cm³/mol. The summed E-state index contributed by atoms with van der Waals surface area (Å²) >= 11 is 0. The van der Waals surface area contributed by atoms with Crippen molar-refractivity contribution in [3.8, 4) is 57.1 Å². The molecule has 0 fully saturated rings. The van der Waals surface area contributed by atoms with E-state index in [9.17, 15) is 19.2 Å². The zero-order valence-electron chi connectivity index (χ0n) is 25.4. The van der Waals surface area contributed by atoms with Gasteiger partial charge in [0.05, 0.1) is 5.56 Å². The van der Waals surface area contributed by atoms with Gasteiger partial charge in [0.1, 0.15) is 23.0 Å². The SMILES string of the molecule is C=CC(=O)Oc1ccc(-c2ccc(C#Cc3cc(OC(=O)C=C)c(-c4ccc(OC(=O)C(=C)C)cc4)c(OC(=O)C=C)c3)cc2)cc1. The molecule has 232 valence electrons. The molecule has 8 heteroatoms. The molecular weight excluding hydrogens is 596 g/mol. The molecule has 0 aliphatic carbocycles. The van der Waals surface area contributed by atoms with Gasteiger partial charge in [-0.3, -0.25) is 0 Å². The van der Waals surface area contributed by atoms with Crippen LogP contribution in [0.1, 0.15) is 18.1 Å². The molecule has 47 heavy (non-hydrogen) atoms. The molecule has 4 rings (SSSR count). The Morgan fingerprint density at radius 2 is 0.957 bits per heavy atom. The molecule has 0 spiro atoms. The van der Waals surface area contributed by atoms with Gasteiger partial charge in [-0.1, -0.05) is 74.6 Å². The van der Waals surface area contributed by atoms with Crippen LogP contribution in [0.15, 0.2) is 135 Å². The maximum Gasteiger partial charge on any atom is 0.338 e. The van der Waals surface area contributed by atoms with E-state index < -0.39 is 23.9 Å². The van der Waals surface area contributed by atoms with E-state index in [1.165, 1.54) is 19.1 Å². The van der Waals surface area contributed by atoms with E-state index in [4.69, 9.17) is 18.9 Å². The van der Waals surface area contributed by atoms with Crippen LogP contribution in [0.2, 0.25) is 0 Å². The lowest BCUT2D eigenvalue weighted by Crippen LogP contribution is -2.09. The average molecular weight is 625 g/mol. The van der Waals surface area contributed by atoms with E-state index in [0.29, 0.717) is 22.4 Å². The second-order valence-electron chi connectivity index (χ2n) is 9.77. The fourth-order valence-corrected chi connectivity index (χ4v) is 4.06. The van der Waals surface area contributed by atoms with Crippen LogP contribution in [0.25, 0.3) is 22.3 Å². The third kappa shape index (κ3) is 8.91. The van der Waals surface area contributed by atoms with Crippen molar-refractivity contribution in [2.24, 2.45) is 0 Å². The number of hydrogen-bond acceptors (Lipinski definition) is 8. The zero-order valence-corrected chi connectivity index (χ0v) is 25.4. The third-order valence-electron chi connectivity index (χ3n) is 6.33. The zero-order chi connectivity index (χ0) is 33.9. The standard InChI is InChI=1S/C39H28O8/c1-6-35(40)44-31-19-15-29(16-20-31)28-13-11-26(12-14-28)9-10-27-23-33(46-36(41)7-2)38(34(24-27)47-37(42)8-3)30-17-21-32(22-18-30)45-39(43)25(4)5/h6-8,11-24H,1-4H2,5H3. The van der Waals surface area contributed by atoms with Crippen molar-refractivity contribution in [1.82, 2.24) is 0 Å². The van der Waals surface area contributed by atoms with Crippen LogP contribution in [0.4, 0.5) is 0 Å². The van der Waals surface area contributed by atoms with E-state index in [1.54, 1.807) is 36.4 Å². The van der Waals surface area contributed by atoms with E-state index in [-0.39, 0.29) is 28.4 Å². The third-order valence-corrected chi connectivity index (χ3v) is 6.33. The van der Waals surface area contributed by atoms with Crippen LogP contribution < -0.4 is 18.9 Å². The first-order chi connectivity index (χ1) is 22.6. The molecule has 0 unspecified atom stereocenters.